The number of para-hydroxylation sites is 1. The summed E-state index contributed by atoms with van der Waals surface area (Å²) in [7, 11) is 3.12. The first-order valence-corrected chi connectivity index (χ1v) is 9.59. The Morgan fingerprint density at radius 2 is 1.69 bits per heavy atom. The highest BCUT2D eigenvalue weighted by atomic mass is 19.1. The smallest absolute Gasteiger partial charge is 0.319 e. The van der Waals surface area contributed by atoms with Crippen LogP contribution in [0.2, 0.25) is 0 Å². The number of nitrogens with zero attached hydrogens (tertiary/aromatic N) is 2. The first-order chi connectivity index (χ1) is 14.1. The van der Waals surface area contributed by atoms with Crippen LogP contribution in [0.1, 0.15) is 0 Å². The summed E-state index contributed by atoms with van der Waals surface area (Å²) in [6.07, 6.45) is 0. The average molecular weight is 402 g/mol. The summed E-state index contributed by atoms with van der Waals surface area (Å²) in [5, 5.41) is 5.64. The van der Waals surface area contributed by atoms with Crippen LogP contribution in [0.4, 0.5) is 20.6 Å². The second-order valence-electron chi connectivity index (χ2n) is 6.76. The number of anilines is 2. The highest BCUT2D eigenvalue weighted by molar-refractivity contribution is 5.89. The van der Waals surface area contributed by atoms with Gasteiger partial charge in [-0.2, -0.15) is 0 Å². The van der Waals surface area contributed by atoms with Crippen molar-refractivity contribution in [3.63, 3.8) is 0 Å². The molecule has 1 aliphatic heterocycles. The summed E-state index contributed by atoms with van der Waals surface area (Å²) in [5.41, 5.74) is 1.25. The number of methoxy groups -OCH3 is 2. The zero-order valence-electron chi connectivity index (χ0n) is 16.8. The van der Waals surface area contributed by atoms with Gasteiger partial charge in [0, 0.05) is 63.2 Å². The zero-order chi connectivity index (χ0) is 20.6. The van der Waals surface area contributed by atoms with Crippen LogP contribution in [0.3, 0.4) is 0 Å². The molecule has 156 valence electrons. The Morgan fingerprint density at radius 1 is 1.03 bits per heavy atom. The maximum absolute atomic E-state index is 13.9. The largest absolute Gasteiger partial charge is 0.497 e. The third kappa shape index (κ3) is 5.74. The number of urea groups is 1. The van der Waals surface area contributed by atoms with Crippen molar-refractivity contribution in [2.75, 3.05) is 63.7 Å². The highest BCUT2D eigenvalue weighted by Crippen LogP contribution is 2.25. The molecule has 1 heterocycles. The van der Waals surface area contributed by atoms with Crippen LogP contribution in [-0.4, -0.2) is 64.4 Å². The van der Waals surface area contributed by atoms with E-state index in [1.165, 1.54) is 6.07 Å². The molecular formula is C21H27FN4O3. The molecule has 0 bridgehead atoms. The molecule has 8 heteroatoms. The average Bonchev–Trinajstić information content (AvgIpc) is 2.74. The van der Waals surface area contributed by atoms with Gasteiger partial charge in [-0.05, 0) is 12.1 Å². The van der Waals surface area contributed by atoms with Crippen molar-refractivity contribution in [1.29, 1.82) is 0 Å². The molecule has 29 heavy (non-hydrogen) atoms. The summed E-state index contributed by atoms with van der Waals surface area (Å²) in [4.78, 5) is 16.5. The number of ether oxygens (including phenoxy) is 2. The van der Waals surface area contributed by atoms with E-state index in [9.17, 15) is 9.18 Å². The topological polar surface area (TPSA) is 66.1 Å². The Balaban J connectivity index is 1.41. The maximum Gasteiger partial charge on any atom is 0.319 e. The number of amides is 2. The van der Waals surface area contributed by atoms with Gasteiger partial charge in [0.15, 0.2) is 0 Å². The molecule has 0 saturated carbocycles. The third-order valence-electron chi connectivity index (χ3n) is 4.89. The van der Waals surface area contributed by atoms with Crippen LogP contribution < -0.4 is 25.0 Å². The van der Waals surface area contributed by atoms with Crippen molar-refractivity contribution < 1.29 is 18.7 Å². The summed E-state index contributed by atoms with van der Waals surface area (Å²) < 4.78 is 24.3. The number of carbonyl (C=O) groups is 1. The van der Waals surface area contributed by atoms with Gasteiger partial charge in [-0.25, -0.2) is 9.18 Å². The SMILES string of the molecule is COc1cc(NC(=O)NCCN2CCN(c3ccccc3F)CC2)cc(OC)c1. The fourth-order valence-electron chi connectivity index (χ4n) is 3.30. The van der Waals surface area contributed by atoms with Gasteiger partial charge in [0.05, 0.1) is 19.9 Å². The number of carbonyl (C=O) groups excluding carboxylic acids is 1. The van der Waals surface area contributed by atoms with E-state index in [1.807, 2.05) is 12.1 Å². The molecule has 0 atom stereocenters. The second kappa shape index (κ2) is 9.97. The molecule has 0 aliphatic carbocycles. The van der Waals surface area contributed by atoms with E-state index >= 15 is 0 Å². The number of piperazine rings is 1. The van der Waals surface area contributed by atoms with E-state index in [2.05, 4.69) is 20.4 Å². The van der Waals surface area contributed by atoms with Crippen LogP contribution in [0.5, 0.6) is 11.5 Å². The Labute approximate surface area is 170 Å². The first-order valence-electron chi connectivity index (χ1n) is 9.59. The minimum Gasteiger partial charge on any atom is -0.497 e. The normalized spacial score (nSPS) is 14.4. The standard InChI is InChI=1S/C21H27FN4O3/c1-28-17-13-16(14-18(15-17)29-2)24-21(27)23-7-8-25-9-11-26(12-10-25)20-6-4-3-5-19(20)22/h3-6,13-15H,7-12H2,1-2H3,(H2,23,24,27). The molecule has 3 rings (SSSR count). The summed E-state index contributed by atoms with van der Waals surface area (Å²) >= 11 is 0. The van der Waals surface area contributed by atoms with Gasteiger partial charge in [-0.15, -0.1) is 0 Å². The van der Waals surface area contributed by atoms with Crippen molar-refractivity contribution in [3.05, 3.63) is 48.3 Å². The lowest BCUT2D eigenvalue weighted by Gasteiger charge is -2.36. The molecule has 7 nitrogen and oxygen atoms in total. The Kier molecular flexibility index (Phi) is 7.13. The Morgan fingerprint density at radius 3 is 2.31 bits per heavy atom. The summed E-state index contributed by atoms with van der Waals surface area (Å²) in [6.45, 7) is 4.43. The number of hydrogen-bond donors (Lipinski definition) is 2. The lowest BCUT2D eigenvalue weighted by Crippen LogP contribution is -2.49. The molecule has 0 aromatic heterocycles. The lowest BCUT2D eigenvalue weighted by molar-refractivity contribution is 0.240. The van der Waals surface area contributed by atoms with E-state index in [0.717, 1.165) is 32.7 Å². The van der Waals surface area contributed by atoms with Gasteiger partial charge >= 0.3 is 6.03 Å². The third-order valence-corrected chi connectivity index (χ3v) is 4.89. The van der Waals surface area contributed by atoms with Crippen LogP contribution in [0.15, 0.2) is 42.5 Å². The van der Waals surface area contributed by atoms with Gasteiger partial charge in [0.25, 0.3) is 0 Å². The number of nitrogens with one attached hydrogen (secondary N) is 2. The first kappa shape index (κ1) is 20.7. The monoisotopic (exact) mass is 402 g/mol. The molecule has 2 amide bonds. The van der Waals surface area contributed by atoms with Crippen LogP contribution in [0, 0.1) is 5.82 Å². The second-order valence-corrected chi connectivity index (χ2v) is 6.76. The van der Waals surface area contributed by atoms with Gasteiger partial charge in [0.1, 0.15) is 17.3 Å². The maximum atomic E-state index is 13.9. The quantitative estimate of drug-likeness (QED) is 0.746. The van der Waals surface area contributed by atoms with Crippen LogP contribution >= 0.6 is 0 Å². The molecule has 0 spiro atoms. The molecule has 1 saturated heterocycles. The minimum absolute atomic E-state index is 0.187. The molecule has 1 aliphatic rings. The Bertz CT molecular complexity index is 803. The summed E-state index contributed by atoms with van der Waals surface area (Å²) in [6, 6.07) is 11.8. The molecule has 1 fully saturated rings. The van der Waals surface area contributed by atoms with Crippen molar-refractivity contribution in [2.45, 2.75) is 0 Å². The summed E-state index contributed by atoms with van der Waals surface area (Å²) in [5.74, 6) is 1.02. The molecule has 2 aromatic rings. The van der Waals surface area contributed by atoms with Crippen molar-refractivity contribution in [2.24, 2.45) is 0 Å². The van der Waals surface area contributed by atoms with Crippen molar-refractivity contribution in [1.82, 2.24) is 10.2 Å². The van der Waals surface area contributed by atoms with E-state index in [0.29, 0.717) is 29.4 Å². The minimum atomic E-state index is -0.287. The van der Waals surface area contributed by atoms with E-state index < -0.39 is 0 Å². The number of rotatable bonds is 7. The van der Waals surface area contributed by atoms with E-state index in [1.54, 1.807) is 38.5 Å². The van der Waals surface area contributed by atoms with Crippen molar-refractivity contribution >= 4 is 17.4 Å². The molecular weight excluding hydrogens is 375 g/mol. The Hall–Kier alpha value is -3.00. The fourth-order valence-corrected chi connectivity index (χ4v) is 3.30. The molecule has 0 unspecified atom stereocenters. The fraction of sp³-hybridized carbons (Fsp3) is 0.381. The van der Waals surface area contributed by atoms with Gasteiger partial charge < -0.3 is 25.0 Å². The predicted molar refractivity (Wildman–Crippen MR) is 112 cm³/mol. The van der Waals surface area contributed by atoms with Gasteiger partial charge in [-0.1, -0.05) is 12.1 Å². The van der Waals surface area contributed by atoms with Crippen LogP contribution in [-0.2, 0) is 0 Å². The number of benzene rings is 2. The molecule has 0 radical (unpaired) electrons. The van der Waals surface area contributed by atoms with E-state index in [-0.39, 0.29) is 11.8 Å². The van der Waals surface area contributed by atoms with E-state index in [4.69, 9.17) is 9.47 Å². The van der Waals surface area contributed by atoms with Crippen molar-refractivity contribution in [3.8, 4) is 11.5 Å². The zero-order valence-corrected chi connectivity index (χ0v) is 16.8. The highest BCUT2D eigenvalue weighted by Gasteiger charge is 2.19. The molecule has 2 aromatic carbocycles. The predicted octanol–water partition coefficient (Wildman–Crippen LogP) is 2.79. The van der Waals surface area contributed by atoms with Crippen LogP contribution in [0.25, 0.3) is 0 Å². The molecule has 2 N–H and O–H groups in total. The lowest BCUT2D eigenvalue weighted by atomic mass is 10.2. The van der Waals surface area contributed by atoms with Gasteiger partial charge in [-0.3, -0.25) is 4.90 Å². The number of hydrogen-bond acceptors (Lipinski definition) is 5. The number of halogens is 1. The van der Waals surface area contributed by atoms with Gasteiger partial charge in [0.2, 0.25) is 0 Å².